The first-order valence-electron chi connectivity index (χ1n) is 6.03. The quantitative estimate of drug-likeness (QED) is 0.475. The van der Waals surface area contributed by atoms with Crippen molar-refractivity contribution in [1.82, 2.24) is 4.90 Å². The summed E-state index contributed by atoms with van der Waals surface area (Å²) in [6.45, 7) is 4.50. The van der Waals surface area contributed by atoms with Crippen molar-refractivity contribution < 1.29 is 9.66 Å². The molecule has 0 N–H and O–H groups in total. The summed E-state index contributed by atoms with van der Waals surface area (Å²) in [6.07, 6.45) is 0. The third kappa shape index (κ3) is 4.35. The number of ether oxygens (including phenoxy) is 1. The van der Waals surface area contributed by atoms with Crippen molar-refractivity contribution in [2.24, 2.45) is 0 Å². The second-order valence-corrected chi connectivity index (χ2v) is 5.72. The smallest absolute Gasteiger partial charge is 0.270 e. The molecule has 19 heavy (non-hydrogen) atoms. The van der Waals surface area contributed by atoms with Gasteiger partial charge >= 0.3 is 0 Å². The number of morpholine rings is 1. The van der Waals surface area contributed by atoms with Crippen molar-refractivity contribution in [2.45, 2.75) is 4.90 Å². The van der Waals surface area contributed by atoms with E-state index in [1.54, 1.807) is 17.8 Å². The average Bonchev–Trinajstić information content (AvgIpc) is 2.41. The van der Waals surface area contributed by atoms with Crippen LogP contribution in [-0.2, 0) is 4.74 Å². The average molecular weight is 303 g/mol. The minimum Gasteiger partial charge on any atom is -0.379 e. The fourth-order valence-corrected chi connectivity index (χ4v) is 3.10. The minimum absolute atomic E-state index is 0.0301. The molecule has 0 spiro atoms. The Balaban J connectivity index is 1.83. The number of hydrogen-bond donors (Lipinski definition) is 0. The summed E-state index contributed by atoms with van der Waals surface area (Å²) >= 11 is 7.66. The van der Waals surface area contributed by atoms with Gasteiger partial charge < -0.3 is 4.74 Å². The highest BCUT2D eigenvalue weighted by molar-refractivity contribution is 7.99. The lowest BCUT2D eigenvalue weighted by Crippen LogP contribution is -2.37. The molecule has 1 heterocycles. The second-order valence-electron chi connectivity index (χ2n) is 4.17. The Hall–Kier alpha value is -0.820. The Kier molecular flexibility index (Phi) is 5.45. The summed E-state index contributed by atoms with van der Waals surface area (Å²) in [6, 6.07) is 4.60. The van der Waals surface area contributed by atoms with Gasteiger partial charge in [-0.05, 0) is 6.07 Å². The molecule has 0 aromatic heterocycles. The van der Waals surface area contributed by atoms with Gasteiger partial charge in [0.25, 0.3) is 5.69 Å². The van der Waals surface area contributed by atoms with E-state index in [1.807, 2.05) is 0 Å². The molecule has 0 saturated carbocycles. The summed E-state index contributed by atoms with van der Waals surface area (Å²) in [5, 5.41) is 11.1. The van der Waals surface area contributed by atoms with Crippen molar-refractivity contribution in [3.05, 3.63) is 33.3 Å². The lowest BCUT2D eigenvalue weighted by atomic mass is 10.3. The van der Waals surface area contributed by atoms with Gasteiger partial charge in [0.2, 0.25) is 0 Å². The van der Waals surface area contributed by atoms with Crippen LogP contribution in [0.25, 0.3) is 0 Å². The fraction of sp³-hybridized carbons (Fsp3) is 0.500. The molecule has 0 radical (unpaired) electrons. The molecule has 5 nitrogen and oxygen atoms in total. The molecule has 0 unspecified atom stereocenters. The summed E-state index contributed by atoms with van der Waals surface area (Å²) in [5.41, 5.74) is 0.0301. The van der Waals surface area contributed by atoms with Crippen LogP contribution in [0, 0.1) is 10.1 Å². The Labute approximate surface area is 121 Å². The number of nitrogens with zero attached hydrogens (tertiary/aromatic N) is 2. The van der Waals surface area contributed by atoms with Crippen LogP contribution in [0.1, 0.15) is 0 Å². The molecule has 1 aromatic rings. The van der Waals surface area contributed by atoms with E-state index in [9.17, 15) is 10.1 Å². The zero-order valence-electron chi connectivity index (χ0n) is 10.4. The van der Waals surface area contributed by atoms with E-state index in [0.29, 0.717) is 5.02 Å². The van der Waals surface area contributed by atoms with E-state index in [2.05, 4.69) is 4.90 Å². The van der Waals surface area contributed by atoms with Crippen LogP contribution in [0.15, 0.2) is 23.1 Å². The molecule has 7 heteroatoms. The second kappa shape index (κ2) is 7.09. The Morgan fingerprint density at radius 3 is 2.79 bits per heavy atom. The Bertz CT molecular complexity index is 453. The predicted octanol–water partition coefficient (Wildman–Crippen LogP) is 2.67. The largest absolute Gasteiger partial charge is 0.379 e. The molecule has 0 aliphatic carbocycles. The van der Waals surface area contributed by atoms with Gasteiger partial charge in [0.05, 0.1) is 23.2 Å². The van der Waals surface area contributed by atoms with Crippen LogP contribution in [0.4, 0.5) is 5.69 Å². The molecule has 1 saturated heterocycles. The highest BCUT2D eigenvalue weighted by atomic mass is 35.5. The molecule has 0 bridgehead atoms. The van der Waals surface area contributed by atoms with Gasteiger partial charge in [-0.2, -0.15) is 0 Å². The number of thioether (sulfide) groups is 1. The number of hydrogen-bond acceptors (Lipinski definition) is 5. The van der Waals surface area contributed by atoms with E-state index in [4.69, 9.17) is 16.3 Å². The molecule has 1 aliphatic heterocycles. The number of halogens is 1. The highest BCUT2D eigenvalue weighted by Crippen LogP contribution is 2.30. The molecule has 1 fully saturated rings. The molecular formula is C12H15ClN2O3S. The van der Waals surface area contributed by atoms with Gasteiger partial charge in [-0.15, -0.1) is 11.8 Å². The topological polar surface area (TPSA) is 55.6 Å². The molecule has 0 atom stereocenters. The maximum absolute atomic E-state index is 10.6. The highest BCUT2D eigenvalue weighted by Gasteiger charge is 2.12. The van der Waals surface area contributed by atoms with Crippen molar-refractivity contribution >= 4 is 29.1 Å². The van der Waals surface area contributed by atoms with Crippen LogP contribution in [0.3, 0.4) is 0 Å². The Morgan fingerprint density at radius 1 is 1.42 bits per heavy atom. The summed E-state index contributed by atoms with van der Waals surface area (Å²) in [7, 11) is 0. The number of rotatable bonds is 5. The molecular weight excluding hydrogens is 288 g/mol. The first-order chi connectivity index (χ1) is 9.16. The summed E-state index contributed by atoms with van der Waals surface area (Å²) < 4.78 is 5.29. The van der Waals surface area contributed by atoms with Gasteiger partial charge in [0.1, 0.15) is 0 Å². The molecule has 104 valence electrons. The summed E-state index contributed by atoms with van der Waals surface area (Å²) in [5.74, 6) is 0.914. The monoisotopic (exact) mass is 302 g/mol. The third-order valence-electron chi connectivity index (χ3n) is 2.90. The number of nitro benzene ring substituents is 1. The fourth-order valence-electron chi connectivity index (χ4n) is 1.83. The third-order valence-corrected chi connectivity index (χ3v) is 4.37. The molecule has 0 amide bonds. The Morgan fingerprint density at radius 2 is 2.16 bits per heavy atom. The van der Waals surface area contributed by atoms with E-state index >= 15 is 0 Å². The maximum Gasteiger partial charge on any atom is 0.270 e. The summed E-state index contributed by atoms with van der Waals surface area (Å²) in [4.78, 5) is 13.4. The van der Waals surface area contributed by atoms with E-state index in [1.165, 1.54) is 12.1 Å². The molecule has 1 aromatic carbocycles. The van der Waals surface area contributed by atoms with Crippen molar-refractivity contribution in [3.63, 3.8) is 0 Å². The zero-order valence-corrected chi connectivity index (χ0v) is 12.0. The predicted molar refractivity (Wildman–Crippen MR) is 76.1 cm³/mol. The normalized spacial score (nSPS) is 16.5. The number of non-ortho nitro benzene ring substituents is 1. The van der Waals surface area contributed by atoms with Crippen LogP contribution in [-0.4, -0.2) is 48.4 Å². The van der Waals surface area contributed by atoms with Gasteiger partial charge in [0.15, 0.2) is 0 Å². The van der Waals surface area contributed by atoms with Crippen LogP contribution in [0.5, 0.6) is 0 Å². The lowest BCUT2D eigenvalue weighted by Gasteiger charge is -2.26. The standard InChI is InChI=1S/C12H15ClN2O3S/c13-11-9-10(15(16)17)1-2-12(11)19-8-5-14-3-6-18-7-4-14/h1-2,9H,3-8H2. The molecule has 2 rings (SSSR count). The van der Waals surface area contributed by atoms with Gasteiger partial charge in [0, 0.05) is 42.4 Å². The van der Waals surface area contributed by atoms with Gasteiger partial charge in [-0.25, -0.2) is 0 Å². The van der Waals surface area contributed by atoms with Crippen LogP contribution in [0.2, 0.25) is 5.02 Å². The van der Waals surface area contributed by atoms with Crippen molar-refractivity contribution in [1.29, 1.82) is 0 Å². The SMILES string of the molecule is O=[N+]([O-])c1ccc(SCCN2CCOCC2)c(Cl)c1. The van der Waals surface area contributed by atoms with Crippen LogP contribution >= 0.6 is 23.4 Å². The van der Waals surface area contributed by atoms with E-state index in [0.717, 1.165) is 43.5 Å². The van der Waals surface area contributed by atoms with Gasteiger partial charge in [-0.1, -0.05) is 11.6 Å². The van der Waals surface area contributed by atoms with Crippen LogP contribution < -0.4 is 0 Å². The first kappa shape index (κ1) is 14.6. The first-order valence-corrected chi connectivity index (χ1v) is 7.40. The van der Waals surface area contributed by atoms with Crippen molar-refractivity contribution in [3.8, 4) is 0 Å². The van der Waals surface area contributed by atoms with Crippen molar-refractivity contribution in [2.75, 3.05) is 38.6 Å². The van der Waals surface area contributed by atoms with Gasteiger partial charge in [-0.3, -0.25) is 15.0 Å². The lowest BCUT2D eigenvalue weighted by molar-refractivity contribution is -0.384. The zero-order chi connectivity index (χ0) is 13.7. The maximum atomic E-state index is 10.6. The van der Waals surface area contributed by atoms with E-state index < -0.39 is 4.92 Å². The van der Waals surface area contributed by atoms with E-state index in [-0.39, 0.29) is 5.69 Å². The minimum atomic E-state index is -0.436. The number of benzene rings is 1. The number of nitro groups is 1. The molecule has 1 aliphatic rings.